The Kier molecular flexibility index (Phi) is 58.7. The number of carbonyl (C=O) groups excluding carboxylic acids is 1. The highest BCUT2D eigenvalue weighted by Crippen LogP contribution is 2.30. The fraction of sp³-hybridized carbons (Fsp3) is 0.961. The Balaban J connectivity index is 1.61. The molecule has 0 spiro atoms. The Bertz CT molecular complexity index is 1570. The predicted molar refractivity (Wildman–Crippen MR) is 374 cm³/mol. The van der Waals surface area contributed by atoms with Gasteiger partial charge in [-0.3, -0.25) is 4.79 Å². The topological polar surface area (TPSA) is 228 Å². The smallest absolute Gasteiger partial charge is 0.220 e. The van der Waals surface area contributed by atoms with Gasteiger partial charge in [-0.15, -0.1) is 0 Å². The summed E-state index contributed by atoms with van der Waals surface area (Å²) in [6, 6.07) is -0.912. The van der Waals surface area contributed by atoms with Crippen LogP contribution in [0.2, 0.25) is 0 Å². The zero-order valence-corrected chi connectivity index (χ0v) is 59.1. The molecule has 540 valence electrons. The van der Waals surface area contributed by atoms with Gasteiger partial charge in [0, 0.05) is 6.42 Å². The summed E-state index contributed by atoms with van der Waals surface area (Å²) in [7, 11) is 0. The quantitative estimate of drug-likeness (QED) is 0.0204. The van der Waals surface area contributed by atoms with Crippen molar-refractivity contribution in [3.63, 3.8) is 0 Å². The molecule has 1 amide bonds. The second kappa shape index (κ2) is 62.3. The number of aliphatic hydroxyl groups excluding tert-OH is 8. The lowest BCUT2D eigenvalue weighted by atomic mass is 9.97. The second-order valence-electron chi connectivity index (χ2n) is 28.2. The maximum atomic E-state index is 13.4. The van der Waals surface area contributed by atoms with Crippen LogP contribution in [0.3, 0.4) is 0 Å². The van der Waals surface area contributed by atoms with Crippen molar-refractivity contribution in [1.29, 1.82) is 0 Å². The molecule has 0 bridgehead atoms. The lowest BCUT2D eigenvalue weighted by Gasteiger charge is -2.46. The number of ether oxygens (including phenoxy) is 4. The van der Waals surface area contributed by atoms with Crippen LogP contribution in [0.25, 0.3) is 0 Å². The van der Waals surface area contributed by atoms with Crippen molar-refractivity contribution < 1.29 is 64.6 Å². The average Bonchev–Trinajstić information content (AvgIpc) is 1.26. The van der Waals surface area contributed by atoms with E-state index in [1.807, 2.05) is 6.08 Å². The third kappa shape index (κ3) is 45.8. The molecule has 91 heavy (non-hydrogen) atoms. The molecule has 2 aliphatic rings. The maximum absolute atomic E-state index is 13.4. The molecule has 2 rings (SSSR count). The first kappa shape index (κ1) is 85.8. The lowest BCUT2D eigenvalue weighted by Crippen LogP contribution is -2.65. The van der Waals surface area contributed by atoms with E-state index in [0.717, 1.165) is 44.9 Å². The zero-order valence-electron chi connectivity index (χ0n) is 59.1. The molecule has 14 nitrogen and oxygen atoms in total. The van der Waals surface area contributed by atoms with Crippen molar-refractivity contribution in [3.8, 4) is 0 Å². The van der Waals surface area contributed by atoms with Crippen LogP contribution in [0.4, 0.5) is 0 Å². The molecule has 12 atom stereocenters. The maximum Gasteiger partial charge on any atom is 0.220 e. The van der Waals surface area contributed by atoms with Crippen molar-refractivity contribution in [3.05, 3.63) is 12.2 Å². The molecule has 12 unspecified atom stereocenters. The van der Waals surface area contributed by atoms with Gasteiger partial charge in [-0.25, -0.2) is 0 Å². The van der Waals surface area contributed by atoms with E-state index in [-0.39, 0.29) is 18.9 Å². The monoisotopic (exact) mass is 1300 g/mol. The van der Waals surface area contributed by atoms with Crippen LogP contribution in [0.1, 0.15) is 380 Å². The average molecular weight is 1300 g/mol. The Morgan fingerprint density at radius 2 is 0.681 bits per heavy atom. The van der Waals surface area contributed by atoms with E-state index >= 15 is 0 Å². The number of unbranched alkanes of at least 4 members (excludes halogenated alkanes) is 54. The van der Waals surface area contributed by atoms with Gasteiger partial charge in [-0.05, 0) is 19.3 Å². The van der Waals surface area contributed by atoms with Gasteiger partial charge in [0.15, 0.2) is 12.6 Å². The largest absolute Gasteiger partial charge is 0.394 e. The van der Waals surface area contributed by atoms with Crippen LogP contribution in [0.15, 0.2) is 12.2 Å². The number of rotatable bonds is 67. The highest BCUT2D eigenvalue weighted by atomic mass is 16.7. The third-order valence-corrected chi connectivity index (χ3v) is 19.7. The van der Waals surface area contributed by atoms with Gasteiger partial charge in [0.25, 0.3) is 0 Å². The molecular formula is C77H149NO13. The molecule has 2 saturated heterocycles. The predicted octanol–water partition coefficient (Wildman–Crippen LogP) is 17.3. The van der Waals surface area contributed by atoms with Crippen LogP contribution in [0, 0.1) is 0 Å². The number of nitrogens with one attached hydrogen (secondary N) is 1. The van der Waals surface area contributed by atoms with Crippen LogP contribution in [0.5, 0.6) is 0 Å². The Morgan fingerprint density at radius 3 is 1.01 bits per heavy atom. The molecule has 14 heteroatoms. The van der Waals surface area contributed by atoms with E-state index in [1.54, 1.807) is 6.08 Å². The molecule has 9 N–H and O–H groups in total. The van der Waals surface area contributed by atoms with Gasteiger partial charge >= 0.3 is 0 Å². The van der Waals surface area contributed by atoms with Crippen LogP contribution in [-0.4, -0.2) is 140 Å². The number of allylic oxidation sites excluding steroid dienone is 1. The van der Waals surface area contributed by atoms with Gasteiger partial charge in [-0.1, -0.05) is 366 Å². The summed E-state index contributed by atoms with van der Waals surface area (Å²) in [5, 5.41) is 87.6. The molecule has 0 radical (unpaired) electrons. The minimum Gasteiger partial charge on any atom is -0.394 e. The summed E-state index contributed by atoms with van der Waals surface area (Å²) in [5.74, 6) is -0.229. The molecule has 2 aliphatic heterocycles. The summed E-state index contributed by atoms with van der Waals surface area (Å²) < 4.78 is 22.9. The number of aliphatic hydroxyl groups is 8. The second-order valence-corrected chi connectivity index (χ2v) is 28.2. The van der Waals surface area contributed by atoms with E-state index in [4.69, 9.17) is 18.9 Å². The van der Waals surface area contributed by atoms with E-state index in [9.17, 15) is 45.6 Å². The first-order valence-electron chi connectivity index (χ1n) is 39.4. The van der Waals surface area contributed by atoms with Crippen molar-refractivity contribution in [1.82, 2.24) is 5.32 Å². The molecule has 2 fully saturated rings. The van der Waals surface area contributed by atoms with Gasteiger partial charge in [0.2, 0.25) is 5.91 Å². The third-order valence-electron chi connectivity index (χ3n) is 19.7. The van der Waals surface area contributed by atoms with Crippen LogP contribution < -0.4 is 5.32 Å². The summed E-state index contributed by atoms with van der Waals surface area (Å²) in [4.78, 5) is 13.4. The lowest BCUT2D eigenvalue weighted by molar-refractivity contribution is -0.359. The molecule has 0 aliphatic carbocycles. The normalized spacial score (nSPS) is 22.7. The Hall–Kier alpha value is -1.27. The van der Waals surface area contributed by atoms with Gasteiger partial charge < -0.3 is 65.1 Å². The number of hydrogen-bond donors (Lipinski definition) is 9. The molecule has 0 aromatic rings. The fourth-order valence-corrected chi connectivity index (χ4v) is 13.5. The first-order valence-corrected chi connectivity index (χ1v) is 39.4. The molecule has 0 saturated carbocycles. The SMILES string of the molecule is CCCCCCCCCCCCCCCCCCCCCCCC/C=C/C(O)C(COC1OC(CO)C(OC2OC(CO)C(O)C(O)C2O)C(O)C1O)NC(=O)CCCCCCCCCCCCCCCCCCCCCCCCCCCCCCCCCCC. The molecular weight excluding hydrogens is 1150 g/mol. The summed E-state index contributed by atoms with van der Waals surface area (Å²) in [6.45, 7) is 2.88. The molecule has 0 aromatic carbocycles. The van der Waals surface area contributed by atoms with Crippen LogP contribution >= 0.6 is 0 Å². The highest BCUT2D eigenvalue weighted by molar-refractivity contribution is 5.76. The standard InChI is InChI=1S/C77H149NO13/c1-3-5-7-9-11-13-15-17-19-21-23-25-27-29-30-31-32-33-34-35-36-37-39-41-43-45-47-49-51-53-55-57-59-61-69(82)78-65(64-88-76-74(87)72(85)75(68(63-80)90-76)91-77-73(86)71(84)70(83)67(62-79)89-77)66(81)60-58-56-54-52-50-48-46-44-42-40-38-28-26-24-22-20-18-16-14-12-10-8-6-4-2/h58,60,65-68,70-77,79-81,83-87H,3-57,59,61-64H2,1-2H3,(H,78,82)/b60-58+. The van der Waals surface area contributed by atoms with E-state index in [1.165, 1.54) is 315 Å². The number of amides is 1. The highest BCUT2D eigenvalue weighted by Gasteiger charge is 2.51. The minimum atomic E-state index is -1.79. The Morgan fingerprint density at radius 1 is 0.385 bits per heavy atom. The first-order chi connectivity index (χ1) is 44.6. The van der Waals surface area contributed by atoms with E-state index < -0.39 is 86.8 Å². The zero-order chi connectivity index (χ0) is 65.9. The minimum absolute atomic E-state index is 0.229. The summed E-state index contributed by atoms with van der Waals surface area (Å²) in [6.07, 6.45) is 61.5. The molecule has 0 aromatic heterocycles. The molecule has 2 heterocycles. The Labute approximate surface area is 558 Å². The van der Waals surface area contributed by atoms with Crippen molar-refractivity contribution in [2.45, 2.75) is 453 Å². The summed E-state index contributed by atoms with van der Waals surface area (Å²) >= 11 is 0. The number of hydrogen-bond acceptors (Lipinski definition) is 13. The van der Waals surface area contributed by atoms with Crippen LogP contribution in [-0.2, 0) is 23.7 Å². The van der Waals surface area contributed by atoms with E-state index in [2.05, 4.69) is 19.2 Å². The van der Waals surface area contributed by atoms with E-state index in [0.29, 0.717) is 0 Å². The van der Waals surface area contributed by atoms with Gasteiger partial charge in [0.05, 0.1) is 32.0 Å². The van der Waals surface area contributed by atoms with Crippen molar-refractivity contribution in [2.75, 3.05) is 19.8 Å². The van der Waals surface area contributed by atoms with Crippen molar-refractivity contribution in [2.24, 2.45) is 0 Å². The summed E-state index contributed by atoms with van der Waals surface area (Å²) in [5.41, 5.74) is 0. The van der Waals surface area contributed by atoms with Gasteiger partial charge in [0.1, 0.15) is 48.8 Å². The van der Waals surface area contributed by atoms with Crippen molar-refractivity contribution >= 4 is 5.91 Å². The number of carbonyl (C=O) groups is 1. The van der Waals surface area contributed by atoms with Gasteiger partial charge in [-0.2, -0.15) is 0 Å². The fourth-order valence-electron chi connectivity index (χ4n) is 13.5.